The molecule has 1 atom stereocenters. The number of para-hydroxylation sites is 2. The van der Waals surface area contributed by atoms with Gasteiger partial charge < -0.3 is 18.9 Å². The maximum atomic E-state index is 12.1. The lowest BCUT2D eigenvalue weighted by Crippen LogP contribution is -2.19. The summed E-state index contributed by atoms with van der Waals surface area (Å²) in [6, 6.07) is 14.2. The Hall–Kier alpha value is -3.28. The molecule has 0 bridgehead atoms. The lowest BCUT2D eigenvalue weighted by molar-refractivity contribution is -0.126. The number of likely N-dealkylation sites (tertiary alicyclic amines) is 1. The Bertz CT molecular complexity index is 1100. The van der Waals surface area contributed by atoms with Crippen molar-refractivity contribution >= 4 is 16.9 Å². The highest BCUT2D eigenvalue weighted by atomic mass is 16.5. The van der Waals surface area contributed by atoms with Crippen molar-refractivity contribution in [3.05, 3.63) is 66.5 Å². The molecule has 1 amide bonds. The number of imidazole rings is 1. The van der Waals surface area contributed by atoms with Gasteiger partial charge in [-0.2, -0.15) is 0 Å². The number of ether oxygens (including phenoxy) is 2. The molecule has 1 unspecified atom stereocenters. The van der Waals surface area contributed by atoms with Gasteiger partial charge in [0, 0.05) is 32.5 Å². The molecular formula is C26H31N3O3. The van der Waals surface area contributed by atoms with Gasteiger partial charge in [0.15, 0.2) is 11.5 Å². The van der Waals surface area contributed by atoms with Gasteiger partial charge in [0.2, 0.25) is 5.91 Å². The first-order valence-electron chi connectivity index (χ1n) is 11.2. The number of rotatable bonds is 10. The number of aryl methyl sites for hydroxylation is 1. The number of carbonyl (C=O) groups excluding carboxylic acids is 1. The van der Waals surface area contributed by atoms with Gasteiger partial charge >= 0.3 is 0 Å². The normalized spacial score (nSPS) is 16.0. The zero-order chi connectivity index (χ0) is 22.5. The predicted molar refractivity (Wildman–Crippen MR) is 126 cm³/mol. The van der Waals surface area contributed by atoms with E-state index in [0.29, 0.717) is 13.0 Å². The highest BCUT2D eigenvalue weighted by Crippen LogP contribution is 2.31. The van der Waals surface area contributed by atoms with Crippen LogP contribution in [0.15, 0.2) is 55.1 Å². The summed E-state index contributed by atoms with van der Waals surface area (Å²) in [5, 5.41) is 0. The van der Waals surface area contributed by atoms with Crippen molar-refractivity contribution in [2.24, 2.45) is 0 Å². The van der Waals surface area contributed by atoms with Crippen LogP contribution in [0.2, 0.25) is 0 Å². The van der Waals surface area contributed by atoms with Gasteiger partial charge in [-0.1, -0.05) is 24.3 Å². The molecule has 1 saturated heterocycles. The number of methoxy groups -OCH3 is 1. The molecule has 1 fully saturated rings. The fourth-order valence-electron chi connectivity index (χ4n) is 4.36. The van der Waals surface area contributed by atoms with Crippen LogP contribution in [0.5, 0.6) is 11.5 Å². The molecule has 4 rings (SSSR count). The molecule has 1 aliphatic heterocycles. The third kappa shape index (κ3) is 4.64. The van der Waals surface area contributed by atoms with E-state index in [4.69, 9.17) is 14.5 Å². The van der Waals surface area contributed by atoms with E-state index in [1.165, 1.54) is 0 Å². The second-order valence-corrected chi connectivity index (χ2v) is 8.32. The second kappa shape index (κ2) is 9.90. The molecule has 0 N–H and O–H groups in total. The topological polar surface area (TPSA) is 56.6 Å². The summed E-state index contributed by atoms with van der Waals surface area (Å²) in [7, 11) is 3.53. The van der Waals surface area contributed by atoms with E-state index in [0.717, 1.165) is 66.3 Å². The minimum atomic E-state index is 0.148. The molecule has 2 aromatic carbocycles. The van der Waals surface area contributed by atoms with Crippen molar-refractivity contribution in [2.45, 2.75) is 38.1 Å². The average Bonchev–Trinajstić information content (AvgIpc) is 3.34. The molecule has 1 aliphatic rings. The Balaban J connectivity index is 1.39. The molecule has 0 aliphatic carbocycles. The van der Waals surface area contributed by atoms with E-state index in [1.807, 2.05) is 49.5 Å². The highest BCUT2D eigenvalue weighted by Gasteiger charge is 2.31. The minimum absolute atomic E-state index is 0.148. The number of carbonyl (C=O) groups is 1. The number of likely N-dealkylation sites (N-methyl/N-ethyl adjacent to an activating group) is 1. The van der Waals surface area contributed by atoms with Crippen molar-refractivity contribution in [3.8, 4) is 11.5 Å². The first-order chi connectivity index (χ1) is 15.6. The fraction of sp³-hybridized carbons (Fsp3) is 0.385. The summed E-state index contributed by atoms with van der Waals surface area (Å²) >= 11 is 0. The molecule has 32 heavy (non-hydrogen) atoms. The molecule has 6 nitrogen and oxygen atoms in total. The summed E-state index contributed by atoms with van der Waals surface area (Å²) in [5.41, 5.74) is 3.27. The Kier molecular flexibility index (Phi) is 6.78. The fourth-order valence-corrected chi connectivity index (χ4v) is 4.36. The van der Waals surface area contributed by atoms with Crippen LogP contribution in [0.4, 0.5) is 0 Å². The van der Waals surface area contributed by atoms with E-state index in [-0.39, 0.29) is 11.8 Å². The number of hydrogen-bond donors (Lipinski definition) is 0. The van der Waals surface area contributed by atoms with Gasteiger partial charge in [0.05, 0.1) is 24.8 Å². The van der Waals surface area contributed by atoms with Crippen LogP contribution in [-0.4, -0.2) is 47.7 Å². The van der Waals surface area contributed by atoms with Gasteiger partial charge in [-0.15, -0.1) is 6.58 Å². The summed E-state index contributed by atoms with van der Waals surface area (Å²) in [6.07, 6.45) is 5.08. The summed E-state index contributed by atoms with van der Waals surface area (Å²) in [4.78, 5) is 18.8. The number of fused-ring (bicyclic) bond motifs is 1. The first kappa shape index (κ1) is 21.9. The number of aromatic nitrogens is 2. The Labute approximate surface area is 189 Å². The molecular weight excluding hydrogens is 402 g/mol. The molecule has 0 saturated carbocycles. The van der Waals surface area contributed by atoms with Gasteiger partial charge in [0.1, 0.15) is 5.82 Å². The summed E-state index contributed by atoms with van der Waals surface area (Å²) in [5.74, 6) is 2.87. The number of benzene rings is 2. The van der Waals surface area contributed by atoms with E-state index in [2.05, 4.69) is 17.2 Å². The van der Waals surface area contributed by atoms with Crippen LogP contribution in [-0.2, 0) is 17.8 Å². The molecule has 6 heteroatoms. The lowest BCUT2D eigenvalue weighted by atomic mass is 10.1. The van der Waals surface area contributed by atoms with Crippen LogP contribution in [0.1, 0.15) is 36.6 Å². The highest BCUT2D eigenvalue weighted by molar-refractivity contribution is 5.80. The first-order valence-corrected chi connectivity index (χ1v) is 11.2. The maximum absolute atomic E-state index is 12.1. The van der Waals surface area contributed by atoms with Gasteiger partial charge in [0.25, 0.3) is 0 Å². The van der Waals surface area contributed by atoms with Crippen molar-refractivity contribution < 1.29 is 14.3 Å². The van der Waals surface area contributed by atoms with E-state index < -0.39 is 0 Å². The molecule has 3 aromatic rings. The van der Waals surface area contributed by atoms with Crippen LogP contribution >= 0.6 is 0 Å². The van der Waals surface area contributed by atoms with E-state index in [1.54, 1.807) is 12.0 Å². The number of unbranched alkanes of at least 4 members (excludes halogenated alkanes) is 1. The smallest absolute Gasteiger partial charge is 0.223 e. The van der Waals surface area contributed by atoms with Crippen molar-refractivity contribution in [2.75, 3.05) is 27.3 Å². The monoisotopic (exact) mass is 433 g/mol. The maximum Gasteiger partial charge on any atom is 0.223 e. The Morgan fingerprint density at radius 1 is 1.19 bits per heavy atom. The van der Waals surface area contributed by atoms with Crippen LogP contribution in [0.25, 0.3) is 11.0 Å². The van der Waals surface area contributed by atoms with Gasteiger partial charge in [-0.25, -0.2) is 4.98 Å². The SMILES string of the molecule is C=CCc1ccc(OCCCCn2c(C3CC(=O)N(C)C3)nc3ccccc32)c(OC)c1. The number of amides is 1. The van der Waals surface area contributed by atoms with Gasteiger partial charge in [-0.05, 0) is 49.1 Å². The van der Waals surface area contributed by atoms with E-state index in [9.17, 15) is 4.79 Å². The zero-order valence-corrected chi connectivity index (χ0v) is 18.9. The molecule has 168 valence electrons. The van der Waals surface area contributed by atoms with Crippen LogP contribution in [0, 0.1) is 0 Å². The number of hydrogen-bond acceptors (Lipinski definition) is 4. The molecule has 0 radical (unpaired) electrons. The largest absolute Gasteiger partial charge is 0.493 e. The Morgan fingerprint density at radius 3 is 2.78 bits per heavy atom. The summed E-state index contributed by atoms with van der Waals surface area (Å²) in [6.45, 7) is 5.98. The van der Waals surface area contributed by atoms with E-state index >= 15 is 0 Å². The van der Waals surface area contributed by atoms with Crippen molar-refractivity contribution in [3.63, 3.8) is 0 Å². The quantitative estimate of drug-likeness (QED) is 0.347. The third-order valence-corrected chi connectivity index (χ3v) is 6.03. The standard InChI is InChI=1S/C26H31N3O3/c1-4-9-19-12-13-23(24(16-19)31-3)32-15-8-7-14-29-22-11-6-5-10-21(22)27-26(29)20-17-25(30)28(2)18-20/h4-6,10-13,16,20H,1,7-9,14-15,17-18H2,2-3H3. The molecule has 0 spiro atoms. The minimum Gasteiger partial charge on any atom is -0.493 e. The Morgan fingerprint density at radius 2 is 2.03 bits per heavy atom. The average molecular weight is 434 g/mol. The van der Waals surface area contributed by atoms with Crippen LogP contribution in [0.3, 0.4) is 0 Å². The van der Waals surface area contributed by atoms with Crippen LogP contribution < -0.4 is 9.47 Å². The van der Waals surface area contributed by atoms with Crippen molar-refractivity contribution in [1.82, 2.24) is 14.5 Å². The van der Waals surface area contributed by atoms with Gasteiger partial charge in [-0.3, -0.25) is 4.79 Å². The molecule has 2 heterocycles. The predicted octanol–water partition coefficient (Wildman–Crippen LogP) is 4.58. The second-order valence-electron chi connectivity index (χ2n) is 8.32. The third-order valence-electron chi connectivity index (χ3n) is 6.03. The summed E-state index contributed by atoms with van der Waals surface area (Å²) < 4.78 is 13.8. The lowest BCUT2D eigenvalue weighted by Gasteiger charge is -2.15. The number of allylic oxidation sites excluding steroid dienone is 1. The molecule has 1 aromatic heterocycles. The zero-order valence-electron chi connectivity index (χ0n) is 18.9. The number of nitrogens with zero attached hydrogens (tertiary/aromatic N) is 3. The van der Waals surface area contributed by atoms with Crippen molar-refractivity contribution in [1.29, 1.82) is 0 Å².